The van der Waals surface area contributed by atoms with E-state index in [1.807, 2.05) is 0 Å². The Morgan fingerprint density at radius 3 is 2.55 bits per heavy atom. The van der Waals surface area contributed by atoms with Gasteiger partial charge in [0.25, 0.3) is 0 Å². The van der Waals surface area contributed by atoms with Gasteiger partial charge >= 0.3 is 0 Å². The van der Waals surface area contributed by atoms with E-state index in [1.54, 1.807) is 23.8 Å². The summed E-state index contributed by atoms with van der Waals surface area (Å²) >= 11 is 0. The van der Waals surface area contributed by atoms with Crippen LogP contribution in [0.1, 0.15) is 45.4 Å². The van der Waals surface area contributed by atoms with Gasteiger partial charge < -0.3 is 14.9 Å². The minimum atomic E-state index is -0.695. The molecule has 0 spiro atoms. The zero-order chi connectivity index (χ0) is 14.8. The van der Waals surface area contributed by atoms with E-state index in [4.69, 9.17) is 0 Å². The molecule has 2 fully saturated rings. The minimum Gasteiger partial charge on any atom is -0.388 e. The predicted octanol–water partition coefficient (Wildman–Crippen LogP) is 1.01. The third kappa shape index (κ3) is 3.51. The van der Waals surface area contributed by atoms with E-state index in [0.29, 0.717) is 13.1 Å². The van der Waals surface area contributed by atoms with Crippen molar-refractivity contribution in [1.29, 1.82) is 0 Å². The maximum atomic E-state index is 12.5. The van der Waals surface area contributed by atoms with Crippen LogP contribution >= 0.6 is 0 Å². The molecule has 1 atom stereocenters. The van der Waals surface area contributed by atoms with Crippen LogP contribution in [0.3, 0.4) is 0 Å². The quantitative estimate of drug-likeness (QED) is 0.840. The van der Waals surface area contributed by atoms with E-state index in [0.717, 1.165) is 45.1 Å². The molecule has 1 heterocycles. The molecule has 2 aliphatic rings. The molecule has 1 saturated carbocycles. The Balaban J connectivity index is 1.91. The summed E-state index contributed by atoms with van der Waals surface area (Å²) in [6.07, 6.45) is 5.38. The molecule has 2 rings (SSSR count). The van der Waals surface area contributed by atoms with Gasteiger partial charge in [0.05, 0.1) is 11.5 Å². The van der Waals surface area contributed by atoms with Crippen LogP contribution in [0.5, 0.6) is 0 Å². The topological polar surface area (TPSA) is 60.9 Å². The predicted molar refractivity (Wildman–Crippen MR) is 76.0 cm³/mol. The second-order valence-corrected chi connectivity index (χ2v) is 6.43. The number of rotatable bonds is 3. The molecule has 20 heavy (non-hydrogen) atoms. The van der Waals surface area contributed by atoms with Crippen molar-refractivity contribution in [3.8, 4) is 0 Å². The van der Waals surface area contributed by atoms with Crippen molar-refractivity contribution in [2.75, 3.05) is 26.7 Å². The van der Waals surface area contributed by atoms with Crippen LogP contribution < -0.4 is 0 Å². The number of carbonyl (C=O) groups is 2. The first kappa shape index (κ1) is 15.3. The third-order valence-corrected chi connectivity index (χ3v) is 4.66. The standard InChI is InChI=1S/C15H26N2O3/c1-12(18)17-9-5-6-13(10-17)14(19)16(2)11-15(20)7-3-4-8-15/h13,20H,3-11H2,1-2H3. The lowest BCUT2D eigenvalue weighted by Crippen LogP contribution is -2.48. The Kier molecular flexibility index (Phi) is 4.68. The van der Waals surface area contributed by atoms with Crippen LogP contribution in [-0.4, -0.2) is 59.0 Å². The van der Waals surface area contributed by atoms with Gasteiger partial charge in [0, 0.05) is 33.6 Å². The lowest BCUT2D eigenvalue weighted by Gasteiger charge is -2.35. The van der Waals surface area contributed by atoms with Crippen molar-refractivity contribution >= 4 is 11.8 Å². The monoisotopic (exact) mass is 282 g/mol. The lowest BCUT2D eigenvalue weighted by molar-refractivity contribution is -0.141. The number of piperidine rings is 1. The van der Waals surface area contributed by atoms with Crippen LogP contribution in [-0.2, 0) is 9.59 Å². The molecular formula is C15H26N2O3. The molecule has 5 heteroatoms. The van der Waals surface area contributed by atoms with E-state index in [-0.39, 0.29) is 17.7 Å². The first-order valence-corrected chi connectivity index (χ1v) is 7.64. The Labute approximate surface area is 120 Å². The van der Waals surface area contributed by atoms with Crippen LogP contribution in [0.15, 0.2) is 0 Å². The highest BCUT2D eigenvalue weighted by Gasteiger charge is 2.36. The average Bonchev–Trinajstić information content (AvgIpc) is 2.84. The number of aliphatic hydroxyl groups is 1. The average molecular weight is 282 g/mol. The molecule has 114 valence electrons. The molecule has 1 aliphatic heterocycles. The second kappa shape index (κ2) is 6.12. The molecule has 1 N–H and O–H groups in total. The van der Waals surface area contributed by atoms with Gasteiger partial charge in [-0.2, -0.15) is 0 Å². The summed E-state index contributed by atoms with van der Waals surface area (Å²) in [5, 5.41) is 10.4. The smallest absolute Gasteiger partial charge is 0.227 e. The third-order valence-electron chi connectivity index (χ3n) is 4.66. The zero-order valence-electron chi connectivity index (χ0n) is 12.6. The molecule has 1 saturated heterocycles. The van der Waals surface area contributed by atoms with Gasteiger partial charge in [-0.25, -0.2) is 0 Å². The first-order valence-electron chi connectivity index (χ1n) is 7.64. The number of likely N-dealkylation sites (N-methyl/N-ethyl adjacent to an activating group) is 1. The van der Waals surface area contributed by atoms with Gasteiger partial charge in [0.1, 0.15) is 0 Å². The second-order valence-electron chi connectivity index (χ2n) is 6.43. The maximum Gasteiger partial charge on any atom is 0.227 e. The molecule has 0 bridgehead atoms. The van der Waals surface area contributed by atoms with Crippen LogP contribution in [0.2, 0.25) is 0 Å². The Morgan fingerprint density at radius 1 is 1.30 bits per heavy atom. The van der Waals surface area contributed by atoms with Gasteiger partial charge in [-0.05, 0) is 25.7 Å². The van der Waals surface area contributed by atoms with Crippen molar-refractivity contribution in [3.05, 3.63) is 0 Å². The van der Waals surface area contributed by atoms with Gasteiger partial charge in [0.2, 0.25) is 11.8 Å². The maximum absolute atomic E-state index is 12.5. The van der Waals surface area contributed by atoms with E-state index in [1.165, 1.54) is 0 Å². The summed E-state index contributed by atoms with van der Waals surface area (Å²) in [4.78, 5) is 27.3. The zero-order valence-corrected chi connectivity index (χ0v) is 12.6. The molecule has 0 radical (unpaired) electrons. The van der Waals surface area contributed by atoms with Crippen molar-refractivity contribution in [1.82, 2.24) is 9.80 Å². The van der Waals surface area contributed by atoms with Gasteiger partial charge in [-0.3, -0.25) is 9.59 Å². The first-order chi connectivity index (χ1) is 9.41. The molecule has 0 aromatic heterocycles. The Hall–Kier alpha value is -1.10. The SMILES string of the molecule is CC(=O)N1CCCC(C(=O)N(C)CC2(O)CCCC2)C1. The summed E-state index contributed by atoms with van der Waals surface area (Å²) < 4.78 is 0. The molecule has 0 aromatic rings. The molecule has 2 amide bonds. The van der Waals surface area contributed by atoms with Gasteiger partial charge in [-0.1, -0.05) is 12.8 Å². The normalized spacial score (nSPS) is 25.6. The lowest BCUT2D eigenvalue weighted by atomic mass is 9.95. The van der Waals surface area contributed by atoms with Crippen molar-refractivity contribution in [2.45, 2.75) is 51.0 Å². The summed E-state index contributed by atoms with van der Waals surface area (Å²) in [5.74, 6) is -0.00139. The number of hydrogen-bond donors (Lipinski definition) is 1. The number of nitrogens with zero attached hydrogens (tertiary/aromatic N) is 2. The van der Waals surface area contributed by atoms with Crippen LogP contribution in [0, 0.1) is 5.92 Å². The molecule has 5 nitrogen and oxygen atoms in total. The summed E-state index contributed by atoms with van der Waals surface area (Å²) in [6, 6.07) is 0. The highest BCUT2D eigenvalue weighted by molar-refractivity contribution is 5.80. The molecule has 0 aromatic carbocycles. The highest BCUT2D eigenvalue weighted by Crippen LogP contribution is 2.30. The minimum absolute atomic E-state index is 0.0413. The fraction of sp³-hybridized carbons (Fsp3) is 0.867. The summed E-state index contributed by atoms with van der Waals surface area (Å²) in [7, 11) is 1.77. The van der Waals surface area contributed by atoms with Gasteiger partial charge in [-0.15, -0.1) is 0 Å². The van der Waals surface area contributed by atoms with E-state index < -0.39 is 5.60 Å². The van der Waals surface area contributed by atoms with E-state index in [2.05, 4.69) is 0 Å². The Morgan fingerprint density at radius 2 is 1.95 bits per heavy atom. The fourth-order valence-corrected chi connectivity index (χ4v) is 3.49. The largest absolute Gasteiger partial charge is 0.388 e. The number of likely N-dealkylation sites (tertiary alicyclic amines) is 1. The number of carbonyl (C=O) groups excluding carboxylic acids is 2. The summed E-state index contributed by atoms with van der Waals surface area (Å²) in [6.45, 7) is 3.25. The van der Waals surface area contributed by atoms with Crippen LogP contribution in [0.4, 0.5) is 0 Å². The summed E-state index contributed by atoms with van der Waals surface area (Å²) in [5.41, 5.74) is -0.695. The van der Waals surface area contributed by atoms with Crippen molar-refractivity contribution in [2.24, 2.45) is 5.92 Å². The molecule has 1 aliphatic carbocycles. The fourth-order valence-electron chi connectivity index (χ4n) is 3.49. The molecular weight excluding hydrogens is 256 g/mol. The Bertz CT molecular complexity index is 377. The van der Waals surface area contributed by atoms with Crippen molar-refractivity contribution in [3.63, 3.8) is 0 Å². The van der Waals surface area contributed by atoms with E-state index >= 15 is 0 Å². The van der Waals surface area contributed by atoms with Gasteiger partial charge in [0.15, 0.2) is 0 Å². The highest BCUT2D eigenvalue weighted by atomic mass is 16.3. The number of amides is 2. The van der Waals surface area contributed by atoms with Crippen LogP contribution in [0.25, 0.3) is 0 Å². The van der Waals surface area contributed by atoms with E-state index in [9.17, 15) is 14.7 Å². The molecule has 1 unspecified atom stereocenters. The van der Waals surface area contributed by atoms with Crippen molar-refractivity contribution < 1.29 is 14.7 Å². The number of hydrogen-bond acceptors (Lipinski definition) is 3.